The normalized spacial score (nSPS) is 26.2. The Morgan fingerprint density at radius 3 is 2.50 bits per heavy atom. The molecule has 3 N–H and O–H groups in total. The highest BCUT2D eigenvalue weighted by Crippen LogP contribution is 2.16. The summed E-state index contributed by atoms with van der Waals surface area (Å²) in [5.41, 5.74) is 5.87. The second-order valence-corrected chi connectivity index (χ2v) is 5.36. The zero-order chi connectivity index (χ0) is 11.8. The summed E-state index contributed by atoms with van der Waals surface area (Å²) in [5, 5.41) is 3.55. The molecule has 0 amide bonds. The van der Waals surface area contributed by atoms with Gasteiger partial charge in [-0.3, -0.25) is 0 Å². The monoisotopic (exact) mass is 228 g/mol. The fourth-order valence-electron chi connectivity index (χ4n) is 2.08. The minimum absolute atomic E-state index is 0.445. The zero-order valence-corrected chi connectivity index (χ0v) is 10.9. The largest absolute Gasteiger partial charge is 0.380 e. The molecule has 96 valence electrons. The second-order valence-electron chi connectivity index (χ2n) is 5.36. The lowest BCUT2D eigenvalue weighted by atomic mass is 9.92. The minimum Gasteiger partial charge on any atom is -0.380 e. The number of ether oxygens (including phenoxy) is 1. The van der Waals surface area contributed by atoms with Crippen LogP contribution in [-0.2, 0) is 4.74 Å². The summed E-state index contributed by atoms with van der Waals surface area (Å²) in [4.78, 5) is 0. The lowest BCUT2D eigenvalue weighted by Gasteiger charge is -2.26. The fraction of sp³-hybridized carbons (Fsp3) is 1.00. The molecule has 0 aromatic carbocycles. The Morgan fingerprint density at radius 2 is 1.88 bits per heavy atom. The van der Waals surface area contributed by atoms with E-state index in [-0.39, 0.29) is 0 Å². The van der Waals surface area contributed by atoms with Crippen LogP contribution in [0.3, 0.4) is 0 Å². The van der Waals surface area contributed by atoms with E-state index in [4.69, 9.17) is 10.5 Å². The van der Waals surface area contributed by atoms with Crippen molar-refractivity contribution in [1.82, 2.24) is 5.32 Å². The molecule has 0 atom stereocenters. The predicted octanol–water partition coefficient (Wildman–Crippen LogP) is 1.91. The Morgan fingerprint density at radius 1 is 1.19 bits per heavy atom. The molecule has 1 aliphatic rings. The molecule has 3 heteroatoms. The second kappa shape index (κ2) is 8.04. The van der Waals surface area contributed by atoms with E-state index in [9.17, 15) is 0 Å². The first-order valence-electron chi connectivity index (χ1n) is 6.75. The third-order valence-corrected chi connectivity index (χ3v) is 3.29. The van der Waals surface area contributed by atoms with E-state index in [1.165, 1.54) is 25.7 Å². The summed E-state index contributed by atoms with van der Waals surface area (Å²) < 4.78 is 5.57. The van der Waals surface area contributed by atoms with Gasteiger partial charge in [-0.15, -0.1) is 0 Å². The van der Waals surface area contributed by atoms with E-state index in [1.54, 1.807) is 0 Å². The van der Waals surface area contributed by atoms with Gasteiger partial charge >= 0.3 is 0 Å². The Bertz CT molecular complexity index is 165. The average Bonchev–Trinajstić information content (AvgIpc) is 2.25. The molecule has 1 fully saturated rings. The Kier molecular flexibility index (Phi) is 7.01. The van der Waals surface area contributed by atoms with Crippen molar-refractivity contribution in [1.29, 1.82) is 0 Å². The molecule has 0 aromatic rings. The van der Waals surface area contributed by atoms with Crippen LogP contribution < -0.4 is 11.1 Å². The first-order chi connectivity index (χ1) is 7.68. The van der Waals surface area contributed by atoms with Crippen molar-refractivity contribution in [3.63, 3.8) is 0 Å². The summed E-state index contributed by atoms with van der Waals surface area (Å²) in [6.45, 7) is 7.18. The van der Waals surface area contributed by atoms with Crippen molar-refractivity contribution in [2.45, 2.75) is 58.0 Å². The van der Waals surface area contributed by atoms with Crippen LogP contribution in [0.1, 0.15) is 46.0 Å². The van der Waals surface area contributed by atoms with E-state index in [1.807, 2.05) is 0 Å². The lowest BCUT2D eigenvalue weighted by Crippen LogP contribution is -2.38. The van der Waals surface area contributed by atoms with Gasteiger partial charge in [0.05, 0.1) is 6.61 Å². The Labute approximate surface area is 100 Å². The van der Waals surface area contributed by atoms with Crippen molar-refractivity contribution >= 4 is 0 Å². The average molecular weight is 228 g/mol. The smallest absolute Gasteiger partial charge is 0.0591 e. The van der Waals surface area contributed by atoms with Crippen molar-refractivity contribution in [3.05, 3.63) is 0 Å². The summed E-state index contributed by atoms with van der Waals surface area (Å²) in [5.74, 6) is 0.743. The molecule has 0 aromatic heterocycles. The molecule has 1 rings (SSSR count). The maximum Gasteiger partial charge on any atom is 0.0591 e. The third-order valence-electron chi connectivity index (χ3n) is 3.29. The van der Waals surface area contributed by atoms with Crippen LogP contribution in [-0.4, -0.2) is 31.8 Å². The fourth-order valence-corrected chi connectivity index (χ4v) is 2.08. The zero-order valence-electron chi connectivity index (χ0n) is 10.9. The summed E-state index contributed by atoms with van der Waals surface area (Å²) in [7, 11) is 0. The molecule has 0 saturated heterocycles. The van der Waals surface area contributed by atoms with Gasteiger partial charge in [-0.2, -0.15) is 0 Å². The maximum atomic E-state index is 5.87. The maximum absolute atomic E-state index is 5.87. The molecule has 0 spiro atoms. The minimum atomic E-state index is 0.445. The molecule has 1 saturated carbocycles. The van der Waals surface area contributed by atoms with E-state index in [2.05, 4.69) is 19.2 Å². The number of nitrogens with one attached hydrogen (secondary N) is 1. The van der Waals surface area contributed by atoms with Crippen LogP contribution in [0.15, 0.2) is 0 Å². The van der Waals surface area contributed by atoms with E-state index >= 15 is 0 Å². The first-order valence-corrected chi connectivity index (χ1v) is 6.75. The van der Waals surface area contributed by atoms with Crippen LogP contribution in [0.5, 0.6) is 0 Å². The molecule has 3 nitrogen and oxygen atoms in total. The molecule has 0 unspecified atom stereocenters. The van der Waals surface area contributed by atoms with Crippen LogP contribution in [0.2, 0.25) is 0 Å². The molecule has 1 aliphatic carbocycles. The number of nitrogens with two attached hydrogens (primary N) is 1. The summed E-state index contributed by atoms with van der Waals surface area (Å²) >= 11 is 0. The van der Waals surface area contributed by atoms with Gasteiger partial charge in [0.1, 0.15) is 0 Å². The van der Waals surface area contributed by atoms with E-state index in [0.29, 0.717) is 12.1 Å². The van der Waals surface area contributed by atoms with Gasteiger partial charge in [0, 0.05) is 25.2 Å². The molecule has 0 heterocycles. The first kappa shape index (κ1) is 13.9. The lowest BCUT2D eigenvalue weighted by molar-refractivity contribution is 0.121. The van der Waals surface area contributed by atoms with Crippen molar-refractivity contribution < 1.29 is 4.74 Å². The Balaban J connectivity index is 1.87. The molecule has 0 radical (unpaired) electrons. The highest BCUT2D eigenvalue weighted by atomic mass is 16.5. The van der Waals surface area contributed by atoms with E-state index in [0.717, 1.165) is 32.1 Å². The Hall–Kier alpha value is -0.120. The molecule has 0 bridgehead atoms. The molecule has 16 heavy (non-hydrogen) atoms. The standard InChI is InChI=1S/C13H28N2O/c1-11(2)7-9-16-10-8-15-13-5-3-12(14)4-6-13/h11-13,15H,3-10,14H2,1-2H3. The van der Waals surface area contributed by atoms with Crippen LogP contribution >= 0.6 is 0 Å². The predicted molar refractivity (Wildman–Crippen MR) is 68.5 cm³/mol. The summed E-state index contributed by atoms with van der Waals surface area (Å²) in [6.07, 6.45) is 5.97. The highest BCUT2D eigenvalue weighted by Gasteiger charge is 2.17. The van der Waals surface area contributed by atoms with Crippen LogP contribution in [0.4, 0.5) is 0 Å². The van der Waals surface area contributed by atoms with Gasteiger partial charge < -0.3 is 15.8 Å². The van der Waals surface area contributed by atoms with Gasteiger partial charge in [-0.1, -0.05) is 13.8 Å². The van der Waals surface area contributed by atoms with Crippen molar-refractivity contribution in [3.8, 4) is 0 Å². The van der Waals surface area contributed by atoms with E-state index < -0.39 is 0 Å². The number of hydrogen-bond donors (Lipinski definition) is 2. The quantitative estimate of drug-likeness (QED) is 0.654. The van der Waals surface area contributed by atoms with Crippen molar-refractivity contribution in [2.24, 2.45) is 11.7 Å². The van der Waals surface area contributed by atoms with Gasteiger partial charge in [0.25, 0.3) is 0 Å². The highest BCUT2D eigenvalue weighted by molar-refractivity contribution is 4.78. The van der Waals surface area contributed by atoms with Gasteiger partial charge in [-0.05, 0) is 38.0 Å². The molecular formula is C13H28N2O. The molecule has 0 aliphatic heterocycles. The van der Waals surface area contributed by atoms with Gasteiger partial charge in [0.15, 0.2) is 0 Å². The molecular weight excluding hydrogens is 200 g/mol. The number of rotatable bonds is 7. The van der Waals surface area contributed by atoms with Crippen LogP contribution in [0, 0.1) is 5.92 Å². The van der Waals surface area contributed by atoms with Crippen molar-refractivity contribution in [2.75, 3.05) is 19.8 Å². The van der Waals surface area contributed by atoms with Gasteiger partial charge in [-0.25, -0.2) is 0 Å². The SMILES string of the molecule is CC(C)CCOCCNC1CCC(N)CC1. The van der Waals surface area contributed by atoms with Crippen LogP contribution in [0.25, 0.3) is 0 Å². The topological polar surface area (TPSA) is 47.3 Å². The summed E-state index contributed by atoms with van der Waals surface area (Å²) in [6, 6.07) is 1.12. The third kappa shape index (κ3) is 6.46. The number of hydrogen-bond acceptors (Lipinski definition) is 3. The van der Waals surface area contributed by atoms with Gasteiger partial charge in [0.2, 0.25) is 0 Å².